The van der Waals surface area contributed by atoms with Gasteiger partial charge in [0.15, 0.2) is 0 Å². The number of hydrogen-bond acceptors (Lipinski definition) is 3. The van der Waals surface area contributed by atoms with E-state index in [2.05, 4.69) is 131 Å². The first-order valence-corrected chi connectivity index (χ1v) is 23.6. The predicted molar refractivity (Wildman–Crippen MR) is 233 cm³/mol. The van der Waals surface area contributed by atoms with E-state index in [4.69, 9.17) is 0 Å². The van der Waals surface area contributed by atoms with Crippen LogP contribution in [0.2, 0.25) is 0 Å². The van der Waals surface area contributed by atoms with Crippen molar-refractivity contribution in [2.75, 3.05) is 19.8 Å². The van der Waals surface area contributed by atoms with Crippen LogP contribution in [0.1, 0.15) is 208 Å². The van der Waals surface area contributed by atoms with Crippen LogP contribution in [0.25, 0.3) is 0 Å². The van der Waals surface area contributed by atoms with Crippen molar-refractivity contribution in [3.8, 4) is 0 Å². The molecular formula is C46H87NS2. The first-order chi connectivity index (χ1) is 23.7. The molecule has 0 atom stereocenters. The number of allylic oxidation sites excluding steroid dienone is 8. The second kappa shape index (κ2) is 34.7. The van der Waals surface area contributed by atoms with Gasteiger partial charge in [-0.2, -0.15) is 0 Å². The maximum absolute atomic E-state index is 2.46. The van der Waals surface area contributed by atoms with Crippen molar-refractivity contribution >= 4 is 21.6 Å². The van der Waals surface area contributed by atoms with Gasteiger partial charge in [-0.3, -0.25) is 0 Å². The van der Waals surface area contributed by atoms with E-state index in [0.29, 0.717) is 0 Å². The van der Waals surface area contributed by atoms with Crippen molar-refractivity contribution in [2.45, 2.75) is 219 Å². The predicted octanol–water partition coefficient (Wildman–Crippen LogP) is 16.5. The van der Waals surface area contributed by atoms with Gasteiger partial charge in [0.05, 0.1) is 0 Å². The van der Waals surface area contributed by atoms with E-state index in [0.717, 1.165) is 18.1 Å². The van der Waals surface area contributed by atoms with Crippen LogP contribution >= 0.6 is 21.6 Å². The maximum atomic E-state index is 2.46. The lowest BCUT2D eigenvalue weighted by atomic mass is 9.75. The SMILES string of the molecule is CCCCC/C=C\C/C=C\CCCCCCCCC(CCCCCCCC/C=C\C/C=C\CCCCC)SSCC(C)(C)C(C)(C)N(C)C. The highest BCUT2D eigenvalue weighted by Crippen LogP contribution is 2.43. The van der Waals surface area contributed by atoms with Gasteiger partial charge in [0.1, 0.15) is 0 Å². The van der Waals surface area contributed by atoms with Crippen molar-refractivity contribution in [2.24, 2.45) is 5.41 Å². The standard InChI is InChI=1S/C46H87NS2/c1-9-11-13-15-17-19-21-23-25-27-29-31-33-35-37-39-41-44(49-48-43-45(3,4)46(5,6)47(7)8)42-40-38-36-34-32-30-28-26-24-22-20-18-16-14-12-10-2/h17-20,23-26,44H,9-16,21-22,27-43H2,1-8H3/b19-17-,20-18-,25-23-,26-24-. The molecule has 0 amide bonds. The molecule has 49 heavy (non-hydrogen) atoms. The molecule has 0 radical (unpaired) electrons. The summed E-state index contributed by atoms with van der Waals surface area (Å²) in [6.07, 6.45) is 54.0. The summed E-state index contributed by atoms with van der Waals surface area (Å²) in [5.74, 6) is 1.22. The Kier molecular flexibility index (Phi) is 34.4. The fourth-order valence-electron chi connectivity index (χ4n) is 6.02. The minimum atomic E-state index is 0.192. The molecule has 0 heterocycles. The maximum Gasteiger partial charge on any atom is 0.0206 e. The van der Waals surface area contributed by atoms with E-state index in [9.17, 15) is 0 Å². The third-order valence-electron chi connectivity index (χ3n) is 10.9. The molecular weight excluding hydrogens is 631 g/mol. The lowest BCUT2D eigenvalue weighted by molar-refractivity contribution is 0.0690. The first kappa shape index (κ1) is 48.6. The fourth-order valence-corrected chi connectivity index (χ4v) is 9.70. The molecule has 0 spiro atoms. The Morgan fingerprint density at radius 1 is 0.469 bits per heavy atom. The average Bonchev–Trinajstić information content (AvgIpc) is 3.07. The largest absolute Gasteiger partial charge is 0.304 e. The van der Waals surface area contributed by atoms with E-state index in [-0.39, 0.29) is 11.0 Å². The van der Waals surface area contributed by atoms with E-state index in [1.165, 1.54) is 160 Å². The topological polar surface area (TPSA) is 3.24 Å². The van der Waals surface area contributed by atoms with Crippen LogP contribution in [0.4, 0.5) is 0 Å². The molecule has 288 valence electrons. The molecule has 0 rings (SSSR count). The zero-order valence-corrected chi connectivity index (χ0v) is 36.2. The molecule has 0 N–H and O–H groups in total. The van der Waals surface area contributed by atoms with E-state index >= 15 is 0 Å². The fraction of sp³-hybridized carbons (Fsp3) is 0.826. The molecule has 0 saturated heterocycles. The minimum absolute atomic E-state index is 0.192. The molecule has 1 nitrogen and oxygen atoms in total. The molecule has 0 fully saturated rings. The Morgan fingerprint density at radius 3 is 1.18 bits per heavy atom. The highest BCUT2D eigenvalue weighted by atomic mass is 33.1. The van der Waals surface area contributed by atoms with Gasteiger partial charge in [0.2, 0.25) is 0 Å². The third kappa shape index (κ3) is 29.9. The molecule has 0 aromatic heterocycles. The summed E-state index contributed by atoms with van der Waals surface area (Å²) in [6.45, 7) is 14.3. The van der Waals surface area contributed by atoms with Crippen LogP contribution in [0.15, 0.2) is 48.6 Å². The summed E-state index contributed by atoms with van der Waals surface area (Å²) in [4.78, 5) is 2.41. The van der Waals surface area contributed by atoms with Crippen LogP contribution in [0.5, 0.6) is 0 Å². The molecule has 3 heteroatoms. The second-order valence-corrected chi connectivity index (χ2v) is 18.7. The van der Waals surface area contributed by atoms with Gasteiger partial charge in [0, 0.05) is 16.5 Å². The molecule has 0 aromatic rings. The molecule has 0 aliphatic rings. The van der Waals surface area contributed by atoms with Crippen LogP contribution in [-0.4, -0.2) is 35.5 Å². The molecule has 0 aromatic carbocycles. The minimum Gasteiger partial charge on any atom is -0.304 e. The van der Waals surface area contributed by atoms with E-state index in [1.807, 2.05) is 0 Å². The van der Waals surface area contributed by atoms with Crippen molar-refractivity contribution in [3.05, 3.63) is 48.6 Å². The quantitative estimate of drug-likeness (QED) is 0.0361. The Labute approximate surface area is 318 Å². The Morgan fingerprint density at radius 2 is 0.816 bits per heavy atom. The third-order valence-corrected chi connectivity index (χ3v) is 14.1. The second-order valence-electron chi connectivity index (χ2n) is 16.1. The zero-order valence-electron chi connectivity index (χ0n) is 34.6. The van der Waals surface area contributed by atoms with Crippen LogP contribution in [-0.2, 0) is 0 Å². The highest BCUT2D eigenvalue weighted by Gasteiger charge is 2.38. The molecule has 0 aliphatic carbocycles. The Bertz CT molecular complexity index is 758. The van der Waals surface area contributed by atoms with E-state index in [1.54, 1.807) is 0 Å². The van der Waals surface area contributed by atoms with Crippen LogP contribution in [0, 0.1) is 5.41 Å². The molecule has 0 unspecified atom stereocenters. The zero-order chi connectivity index (χ0) is 36.3. The van der Waals surface area contributed by atoms with E-state index < -0.39 is 0 Å². The molecule has 0 aliphatic heterocycles. The smallest absolute Gasteiger partial charge is 0.0206 e. The van der Waals surface area contributed by atoms with Gasteiger partial charge in [-0.15, -0.1) is 0 Å². The Balaban J connectivity index is 4.26. The van der Waals surface area contributed by atoms with Gasteiger partial charge in [-0.1, -0.05) is 188 Å². The van der Waals surface area contributed by atoms with Gasteiger partial charge >= 0.3 is 0 Å². The molecule has 0 bridgehead atoms. The van der Waals surface area contributed by atoms with Gasteiger partial charge in [0.25, 0.3) is 0 Å². The average molecular weight is 718 g/mol. The summed E-state index contributed by atoms with van der Waals surface area (Å²) >= 11 is 0. The van der Waals surface area contributed by atoms with Gasteiger partial charge in [-0.05, 0) is 110 Å². The van der Waals surface area contributed by atoms with Crippen molar-refractivity contribution in [1.29, 1.82) is 0 Å². The Hall–Kier alpha value is -0.380. The van der Waals surface area contributed by atoms with Crippen molar-refractivity contribution in [3.63, 3.8) is 0 Å². The summed E-state index contributed by atoms with van der Waals surface area (Å²) in [5.41, 5.74) is 0.469. The van der Waals surface area contributed by atoms with Crippen LogP contribution in [0.3, 0.4) is 0 Å². The van der Waals surface area contributed by atoms with Gasteiger partial charge < -0.3 is 4.90 Å². The number of nitrogens with zero attached hydrogens (tertiary/aromatic N) is 1. The van der Waals surface area contributed by atoms with Crippen molar-refractivity contribution < 1.29 is 0 Å². The normalized spacial score (nSPS) is 13.3. The summed E-state index contributed by atoms with van der Waals surface area (Å²) in [7, 11) is 8.85. The number of rotatable bonds is 36. The van der Waals surface area contributed by atoms with Crippen LogP contribution < -0.4 is 0 Å². The monoisotopic (exact) mass is 718 g/mol. The van der Waals surface area contributed by atoms with Gasteiger partial charge in [-0.25, -0.2) is 0 Å². The molecule has 0 saturated carbocycles. The highest BCUT2D eigenvalue weighted by molar-refractivity contribution is 8.76. The lowest BCUT2D eigenvalue weighted by Crippen LogP contribution is -2.51. The van der Waals surface area contributed by atoms with Crippen molar-refractivity contribution in [1.82, 2.24) is 4.90 Å². The summed E-state index contributed by atoms with van der Waals surface area (Å²) < 4.78 is 0. The first-order valence-electron chi connectivity index (χ1n) is 21.2. The summed E-state index contributed by atoms with van der Waals surface area (Å²) in [6, 6.07) is 0. The summed E-state index contributed by atoms with van der Waals surface area (Å²) in [5, 5.41) is 0.819. The lowest BCUT2D eigenvalue weighted by Gasteiger charge is -2.46. The number of hydrogen-bond donors (Lipinski definition) is 0. The number of unbranched alkanes of at least 4 members (excludes halogenated alkanes) is 18.